The number of aromatic nitrogens is 10. The number of phenols is 1. The van der Waals surface area contributed by atoms with Crippen LogP contribution in [0.2, 0.25) is 5.15 Å². The van der Waals surface area contributed by atoms with Crippen molar-refractivity contribution in [2.75, 3.05) is 16.4 Å². The van der Waals surface area contributed by atoms with Crippen LogP contribution >= 0.6 is 11.6 Å². The van der Waals surface area contributed by atoms with Crippen LogP contribution in [0.15, 0.2) is 194 Å². The molecule has 2 fully saturated rings. The molecule has 0 bridgehead atoms. The molecule has 7 aromatic heterocycles. The SMILES string of the molecule is C.Clc1ncnc2cccnc12.NC=O.Nc1cccnc1C(=O)O.O=C(Cc1ccc(O)cc1)C1(C(=O)Cc2ccc(F)cc2)CC1.O=C(Nc1ccc(F)cc1)C1(C(=O)Nc2ccc(Oc3ncnc4cccnc34)cc2)CC1.O=c1[nH]cnc2cccnc12. The summed E-state index contributed by atoms with van der Waals surface area (Å²) in [6.45, 7) is 0. The molecule has 24 nitrogen and oxygen atoms in total. The Labute approximate surface area is 527 Å². The molecule has 9 N–H and O–H groups in total. The first-order valence-corrected chi connectivity index (χ1v) is 27.7. The highest BCUT2D eigenvalue weighted by molar-refractivity contribution is 6.33. The van der Waals surface area contributed by atoms with Crippen molar-refractivity contribution in [1.82, 2.24) is 49.8 Å². The lowest BCUT2D eigenvalue weighted by Gasteiger charge is -2.16. The minimum Gasteiger partial charge on any atom is -0.508 e. The van der Waals surface area contributed by atoms with Crippen LogP contribution in [0.1, 0.15) is 54.7 Å². The highest BCUT2D eigenvalue weighted by atomic mass is 35.5. The fourth-order valence-corrected chi connectivity index (χ4v) is 8.70. The molecule has 92 heavy (non-hydrogen) atoms. The number of benzene rings is 4. The number of H-pyrrole nitrogens is 1. The summed E-state index contributed by atoms with van der Waals surface area (Å²) in [6.07, 6.45) is 13.1. The van der Waals surface area contributed by atoms with E-state index in [1.807, 2.05) is 18.2 Å². The Bertz CT molecular complexity index is 4360. The van der Waals surface area contributed by atoms with Crippen molar-refractivity contribution in [3.8, 4) is 17.4 Å². The number of fused-ring (bicyclic) bond motifs is 3. The van der Waals surface area contributed by atoms with E-state index in [1.165, 1.54) is 79.8 Å². The first-order chi connectivity index (χ1) is 43.9. The minimum atomic E-state index is -1.13. The molecular weight excluding hydrogens is 1210 g/mol. The van der Waals surface area contributed by atoms with Crippen molar-refractivity contribution < 1.29 is 52.5 Å². The van der Waals surface area contributed by atoms with Gasteiger partial charge in [0, 0.05) is 49.0 Å². The van der Waals surface area contributed by atoms with Crippen molar-refractivity contribution in [2.24, 2.45) is 16.6 Å². The zero-order valence-corrected chi connectivity index (χ0v) is 48.4. The number of carbonyl (C=O) groups excluding carboxylic acids is 5. The second kappa shape index (κ2) is 31.8. The van der Waals surface area contributed by atoms with Crippen LogP contribution in [0.3, 0.4) is 0 Å². The van der Waals surface area contributed by atoms with Gasteiger partial charge in [0.2, 0.25) is 24.1 Å². The van der Waals surface area contributed by atoms with Crippen LogP contribution in [-0.2, 0) is 36.8 Å². The molecule has 2 aliphatic rings. The van der Waals surface area contributed by atoms with Crippen LogP contribution < -0.4 is 32.4 Å². The van der Waals surface area contributed by atoms with E-state index in [0.29, 0.717) is 81.4 Å². The maximum absolute atomic E-state index is 13.1. The lowest BCUT2D eigenvalue weighted by Crippen LogP contribution is -2.35. The van der Waals surface area contributed by atoms with Crippen LogP contribution in [0, 0.1) is 22.5 Å². The van der Waals surface area contributed by atoms with Gasteiger partial charge in [-0.25, -0.2) is 48.5 Å². The van der Waals surface area contributed by atoms with E-state index >= 15 is 0 Å². The van der Waals surface area contributed by atoms with Crippen molar-refractivity contribution in [3.05, 3.63) is 233 Å². The Hall–Kier alpha value is -11.9. The molecule has 0 unspecified atom stereocenters. The zero-order valence-electron chi connectivity index (χ0n) is 47.7. The fraction of sp³-hybridized carbons (Fsp3) is 0.138. The summed E-state index contributed by atoms with van der Waals surface area (Å²) in [5, 5.41) is 23.6. The van der Waals surface area contributed by atoms with E-state index in [4.69, 9.17) is 32.0 Å². The van der Waals surface area contributed by atoms with Gasteiger partial charge in [-0.05, 0) is 158 Å². The Morgan fingerprint density at radius 1 is 0.587 bits per heavy atom. The highest BCUT2D eigenvalue weighted by Gasteiger charge is 2.57. The standard InChI is InChI=1S/C24H18FN5O3.C19H17FO3.C7H4ClN3.C7H5N3O.C6H6N2O2.CH3NO.CH4/c25-15-3-5-16(6-4-15)29-22(31)24(11-12-24)23(32)30-17-7-9-18(10-8-17)33-21-20-19(27-14-28-21)2-1-13-26-20;20-15-5-1-13(2-6-15)11-17(22)19(9-10-19)18(23)12-14-3-7-16(21)8-4-14;8-7-6-5(10-4-11-7)2-1-3-9-6;11-7-6-5(9-4-10-7)2-1-3-8-6;7-4-2-1-3-8-5(4)6(9)10;2-1-3;/h1-10,13-14H,11-12H2,(H,29,31)(H,30,32);1-8,21H,9-12H2;1-4H;1-4H,(H,9,10,11);1-3H,7H2,(H,9,10);1H,(H2,2,3);1H4. The summed E-state index contributed by atoms with van der Waals surface area (Å²) >= 11 is 5.74. The molecule has 0 saturated heterocycles. The molecule has 2 aliphatic carbocycles. The molecule has 11 aromatic rings. The number of hydrogen-bond acceptors (Lipinski definition) is 19. The van der Waals surface area contributed by atoms with E-state index in [9.17, 15) is 42.7 Å². The van der Waals surface area contributed by atoms with E-state index < -0.39 is 28.5 Å². The van der Waals surface area contributed by atoms with Gasteiger partial charge in [-0.2, -0.15) is 4.98 Å². The molecular formula is C65H57ClF2N14O10. The molecule has 3 amide bonds. The fourth-order valence-electron chi connectivity index (χ4n) is 8.51. The van der Waals surface area contributed by atoms with Gasteiger partial charge in [0.05, 0.1) is 34.0 Å². The number of anilines is 3. The maximum atomic E-state index is 13.1. The number of carboxylic acids is 1. The number of hydrogen-bond donors (Lipinski definition) is 7. The number of aromatic carboxylic acids is 1. The summed E-state index contributed by atoms with van der Waals surface area (Å²) in [4.78, 5) is 119. The third kappa shape index (κ3) is 18.1. The van der Waals surface area contributed by atoms with Gasteiger partial charge in [-0.15, -0.1) is 0 Å². The van der Waals surface area contributed by atoms with Crippen molar-refractivity contribution >= 4 is 97.5 Å². The predicted molar refractivity (Wildman–Crippen MR) is 338 cm³/mol. The molecule has 4 aromatic carbocycles. The maximum Gasteiger partial charge on any atom is 0.356 e. The number of nitrogens with one attached hydrogen (secondary N) is 3. The summed E-state index contributed by atoms with van der Waals surface area (Å²) in [5.74, 6) is -1.82. The number of nitrogens with zero attached hydrogens (tertiary/aromatic N) is 9. The van der Waals surface area contributed by atoms with Gasteiger partial charge in [-0.1, -0.05) is 43.3 Å². The first kappa shape index (κ1) is 67.6. The van der Waals surface area contributed by atoms with Crippen LogP contribution in [-0.4, -0.2) is 95.8 Å². The van der Waals surface area contributed by atoms with Gasteiger partial charge in [0.1, 0.15) is 46.7 Å². The summed E-state index contributed by atoms with van der Waals surface area (Å²) in [7, 11) is 0. The number of halogens is 3. The molecule has 2 saturated carbocycles. The van der Waals surface area contributed by atoms with Crippen LogP contribution in [0.25, 0.3) is 33.1 Å². The highest BCUT2D eigenvalue weighted by Crippen LogP contribution is 2.49. The molecule has 0 spiro atoms. The van der Waals surface area contributed by atoms with E-state index in [2.05, 4.69) is 66.2 Å². The number of primary amides is 1. The zero-order chi connectivity index (χ0) is 64.9. The lowest BCUT2D eigenvalue weighted by atomic mass is 9.88. The number of aromatic amines is 1. The van der Waals surface area contributed by atoms with E-state index in [-0.39, 0.29) is 72.7 Å². The predicted octanol–water partition coefficient (Wildman–Crippen LogP) is 9.64. The van der Waals surface area contributed by atoms with Gasteiger partial charge < -0.3 is 42.0 Å². The Morgan fingerprint density at radius 3 is 1.52 bits per heavy atom. The van der Waals surface area contributed by atoms with E-state index in [0.717, 1.165) is 16.6 Å². The monoisotopic (exact) mass is 1270 g/mol. The number of nitrogens with two attached hydrogens (primary N) is 2. The second-order valence-electron chi connectivity index (χ2n) is 19.8. The van der Waals surface area contributed by atoms with Crippen molar-refractivity contribution in [2.45, 2.75) is 46.0 Å². The lowest BCUT2D eigenvalue weighted by molar-refractivity contribution is -0.134. The Kier molecular flexibility index (Phi) is 23.4. The second-order valence-corrected chi connectivity index (χ2v) is 20.1. The number of ketones is 2. The number of nitrogen functional groups attached to an aromatic ring is 1. The van der Waals surface area contributed by atoms with Gasteiger partial charge in [0.15, 0.2) is 33.4 Å². The third-order valence-electron chi connectivity index (χ3n) is 13.6. The number of Topliss-reactive ketones (excluding diaryl/α,β-unsaturated/α-hetero) is 2. The molecule has 27 heteroatoms. The van der Waals surface area contributed by atoms with Crippen LogP contribution in [0.5, 0.6) is 17.4 Å². The number of rotatable bonds is 13. The van der Waals surface area contributed by atoms with Crippen molar-refractivity contribution in [1.29, 1.82) is 0 Å². The molecule has 0 atom stereocenters. The number of amides is 3. The number of pyridine rings is 4. The summed E-state index contributed by atoms with van der Waals surface area (Å²) in [5.41, 5.74) is 13.5. The molecule has 13 rings (SSSR count). The summed E-state index contributed by atoms with van der Waals surface area (Å²) < 4.78 is 31.8. The number of carbonyl (C=O) groups is 6. The van der Waals surface area contributed by atoms with Gasteiger partial charge in [-0.3, -0.25) is 33.8 Å². The average molecular weight is 1270 g/mol. The molecule has 0 aliphatic heterocycles. The van der Waals surface area contributed by atoms with Crippen LogP contribution in [0.4, 0.5) is 25.8 Å². The van der Waals surface area contributed by atoms with E-state index in [1.54, 1.807) is 91.4 Å². The number of carboxylic acid groups (broad SMARTS) is 1. The number of ether oxygens (including phenoxy) is 1. The summed E-state index contributed by atoms with van der Waals surface area (Å²) in [6, 6.07) is 38.2. The van der Waals surface area contributed by atoms with Crippen molar-refractivity contribution in [3.63, 3.8) is 0 Å². The third-order valence-corrected chi connectivity index (χ3v) is 13.9. The Balaban J connectivity index is 0.000000175. The number of phenolic OH excluding ortho intramolecular Hbond substituents is 1. The topological polar surface area (TPSA) is 377 Å². The smallest absolute Gasteiger partial charge is 0.356 e. The average Bonchev–Trinajstić information content (AvgIpc) is 1.62. The van der Waals surface area contributed by atoms with Gasteiger partial charge in [0.25, 0.3) is 5.56 Å². The first-order valence-electron chi connectivity index (χ1n) is 27.3. The normalized spacial score (nSPS) is 12.3. The van der Waals surface area contributed by atoms with Gasteiger partial charge >= 0.3 is 5.97 Å². The Morgan fingerprint density at radius 2 is 1.03 bits per heavy atom. The quantitative estimate of drug-likeness (QED) is 0.0321. The molecule has 0 radical (unpaired) electrons. The largest absolute Gasteiger partial charge is 0.508 e. The number of aromatic hydroxyl groups is 1. The molecule has 468 valence electrons. The minimum absolute atomic E-state index is 0. The molecule has 7 heterocycles.